The predicted octanol–water partition coefficient (Wildman–Crippen LogP) is 8.99. The molecule has 17 atom stereocenters. The number of carbonyl (C=O) groups is 1. The summed E-state index contributed by atoms with van der Waals surface area (Å²) in [6, 6.07) is -1.02. The van der Waals surface area contributed by atoms with Gasteiger partial charge >= 0.3 is 0 Å². The molecule has 92 heavy (non-hydrogen) atoms. The van der Waals surface area contributed by atoms with E-state index < -0.39 is 131 Å². The van der Waals surface area contributed by atoms with Crippen molar-refractivity contribution in [3.63, 3.8) is 0 Å². The lowest BCUT2D eigenvalue weighted by atomic mass is 9.96. The minimum absolute atomic E-state index is 0.192. The fourth-order valence-electron chi connectivity index (χ4n) is 10.6. The van der Waals surface area contributed by atoms with Crippen LogP contribution in [0.25, 0.3) is 0 Å². The fourth-order valence-corrected chi connectivity index (χ4v) is 10.6. The number of rotatable bonds is 50. The van der Waals surface area contributed by atoms with Crippen molar-refractivity contribution in [3.05, 3.63) is 134 Å². The molecule has 0 radical (unpaired) electrons. The van der Waals surface area contributed by atoms with Crippen molar-refractivity contribution >= 4 is 5.91 Å². The minimum atomic E-state index is -1.99. The number of unbranched alkanes of at least 4 members (excludes halogenated alkanes) is 14. The van der Waals surface area contributed by atoms with Crippen molar-refractivity contribution < 1.29 is 89.4 Å². The van der Waals surface area contributed by atoms with Crippen LogP contribution < -0.4 is 5.32 Å². The maximum atomic E-state index is 13.4. The van der Waals surface area contributed by atoms with Crippen molar-refractivity contribution in [2.45, 2.75) is 291 Å². The van der Waals surface area contributed by atoms with Crippen LogP contribution in [-0.4, -0.2) is 193 Å². The van der Waals surface area contributed by atoms with Gasteiger partial charge in [-0.25, -0.2) is 0 Å². The number of hydrogen-bond donors (Lipinski definition) is 12. The third kappa shape index (κ3) is 34.6. The first-order valence-electron chi connectivity index (χ1n) is 34.4. The summed E-state index contributed by atoms with van der Waals surface area (Å²) >= 11 is 0. The monoisotopic (exact) mass is 1300 g/mol. The molecule has 524 valence electrons. The van der Waals surface area contributed by atoms with Crippen LogP contribution in [0, 0.1) is 0 Å². The molecule has 12 N–H and O–H groups in total. The van der Waals surface area contributed by atoms with E-state index in [0.717, 1.165) is 103 Å². The lowest BCUT2D eigenvalue weighted by Crippen LogP contribution is -2.66. The van der Waals surface area contributed by atoms with E-state index in [0.29, 0.717) is 12.8 Å². The van der Waals surface area contributed by atoms with Crippen LogP contribution in [0.4, 0.5) is 0 Å². The van der Waals surface area contributed by atoms with Crippen LogP contribution in [0.1, 0.15) is 187 Å². The van der Waals surface area contributed by atoms with E-state index in [1.54, 1.807) is 6.08 Å². The van der Waals surface area contributed by atoms with Crippen molar-refractivity contribution in [1.82, 2.24) is 5.32 Å². The maximum absolute atomic E-state index is 13.4. The Morgan fingerprint density at radius 1 is 0.402 bits per heavy atom. The van der Waals surface area contributed by atoms with Gasteiger partial charge in [0.2, 0.25) is 5.91 Å². The minimum Gasteiger partial charge on any atom is -0.394 e. The summed E-state index contributed by atoms with van der Waals surface area (Å²) in [4.78, 5) is 13.4. The van der Waals surface area contributed by atoms with Crippen molar-refractivity contribution in [2.75, 3.05) is 26.4 Å². The van der Waals surface area contributed by atoms with Gasteiger partial charge < -0.3 is 89.9 Å². The molecule has 19 nitrogen and oxygen atoms in total. The van der Waals surface area contributed by atoms with Crippen LogP contribution >= 0.6 is 0 Å². The quantitative estimate of drug-likeness (QED) is 0.0200. The SMILES string of the molecule is CC/C=C\C/C=C\C/C=C\C/C=C\C/C=C\C/C=C\C/C=C\C/C=C\CCCCCCC(=O)NC(COC1OC(CO)C(OC2OC(CO)C(OC3OC(CO)C(O)C(O)C3O)C(O)C2O)C(O)C1O)C(O)/C=C/CC/C=C/CC/C=C/CCCCCCCCCC. The van der Waals surface area contributed by atoms with Gasteiger partial charge in [-0.15, -0.1) is 0 Å². The Labute approximate surface area is 550 Å². The molecule has 3 heterocycles. The van der Waals surface area contributed by atoms with E-state index >= 15 is 0 Å². The highest BCUT2D eigenvalue weighted by atomic mass is 16.8. The number of amides is 1. The largest absolute Gasteiger partial charge is 0.394 e. The molecule has 0 aromatic rings. The van der Waals surface area contributed by atoms with Gasteiger partial charge in [-0.3, -0.25) is 4.79 Å². The Balaban J connectivity index is 1.46. The molecule has 0 aliphatic carbocycles. The third-order valence-electron chi connectivity index (χ3n) is 16.2. The summed E-state index contributed by atoms with van der Waals surface area (Å²) in [7, 11) is 0. The highest BCUT2D eigenvalue weighted by Crippen LogP contribution is 2.33. The average molecular weight is 1300 g/mol. The zero-order valence-corrected chi connectivity index (χ0v) is 55.2. The van der Waals surface area contributed by atoms with Crippen LogP contribution in [0.3, 0.4) is 0 Å². The molecule has 3 aliphatic rings. The molecule has 19 heteroatoms. The third-order valence-corrected chi connectivity index (χ3v) is 16.2. The van der Waals surface area contributed by atoms with Gasteiger partial charge in [-0.2, -0.15) is 0 Å². The predicted molar refractivity (Wildman–Crippen MR) is 359 cm³/mol. The number of nitrogens with one attached hydrogen (secondary N) is 1. The van der Waals surface area contributed by atoms with E-state index in [1.807, 2.05) is 6.08 Å². The van der Waals surface area contributed by atoms with E-state index in [9.17, 15) is 61.0 Å². The highest BCUT2D eigenvalue weighted by Gasteiger charge is 2.53. The molecule has 1 amide bonds. The van der Waals surface area contributed by atoms with Crippen LogP contribution in [-0.2, 0) is 33.2 Å². The van der Waals surface area contributed by atoms with Gasteiger partial charge in [-0.1, -0.05) is 205 Å². The number of allylic oxidation sites excluding steroid dienone is 21. The first kappa shape index (κ1) is 82.2. The average Bonchev–Trinajstić information content (AvgIpc) is 0.834. The van der Waals surface area contributed by atoms with Crippen molar-refractivity contribution in [2.24, 2.45) is 0 Å². The standard InChI is InChI=1S/C73H119NO18/c1-3-5-7-9-11-13-15-17-19-21-23-24-25-26-27-28-29-30-31-32-33-35-37-39-41-43-45-47-49-51-61(79)74-56(57(78)50-48-46-44-42-40-38-36-34-22-20-18-16-14-12-10-8-6-4-2)55-87-71-67(85)64(82)69(59(53-76)89-71)92-73-68(86)65(83)70(60(54-77)90-73)91-72-66(84)63(81)62(80)58(52-75)88-72/h5,7,11,13,17,19,22-24,26-27,29-30,32-34,37,39-40,42,48,50,56-60,62-73,75-78,80-86H,3-4,6,8-10,12,14-16,18,20-21,25,28,31,35-36,38,41,43-47,49,51-55H2,1-2H3,(H,74,79)/b7-5-,13-11-,19-17-,24-23-,27-26-,30-29-,33-32-,34-22+,39-37-,42-40+,50-48+. The van der Waals surface area contributed by atoms with Gasteiger partial charge in [0.25, 0.3) is 0 Å². The first-order valence-corrected chi connectivity index (χ1v) is 34.4. The van der Waals surface area contributed by atoms with Gasteiger partial charge in [0.1, 0.15) is 73.2 Å². The number of aliphatic hydroxyl groups excluding tert-OH is 11. The van der Waals surface area contributed by atoms with Crippen LogP contribution in [0.2, 0.25) is 0 Å². The van der Waals surface area contributed by atoms with Crippen LogP contribution in [0.5, 0.6) is 0 Å². The first-order chi connectivity index (χ1) is 44.8. The molecule has 0 spiro atoms. The molecule has 0 bridgehead atoms. The molecular formula is C73H119NO18. The van der Waals surface area contributed by atoms with Gasteiger partial charge in [0.15, 0.2) is 18.9 Å². The molecule has 17 unspecified atom stereocenters. The molecule has 0 aromatic carbocycles. The summed E-state index contributed by atoms with van der Waals surface area (Å²) in [5.41, 5.74) is 0. The van der Waals surface area contributed by atoms with E-state index in [4.69, 9.17) is 28.4 Å². The Morgan fingerprint density at radius 3 is 1.22 bits per heavy atom. The topological polar surface area (TPSA) is 307 Å². The Kier molecular flexibility index (Phi) is 47.4. The second-order valence-corrected chi connectivity index (χ2v) is 23.9. The second kappa shape index (κ2) is 53.1. The van der Waals surface area contributed by atoms with E-state index in [2.05, 4.69) is 141 Å². The normalized spacial score (nSPS) is 28.6. The lowest BCUT2D eigenvalue weighted by Gasteiger charge is -2.48. The highest BCUT2D eigenvalue weighted by molar-refractivity contribution is 5.76. The number of hydrogen-bond acceptors (Lipinski definition) is 18. The molecule has 3 saturated heterocycles. The molecular weight excluding hydrogens is 1180 g/mol. The number of aliphatic hydroxyl groups is 11. The molecule has 3 rings (SSSR count). The van der Waals surface area contributed by atoms with Gasteiger partial charge in [-0.05, 0) is 109 Å². The number of ether oxygens (including phenoxy) is 6. The van der Waals surface area contributed by atoms with Crippen molar-refractivity contribution in [1.29, 1.82) is 0 Å². The lowest BCUT2D eigenvalue weighted by molar-refractivity contribution is -0.379. The Bertz CT molecular complexity index is 2190. The van der Waals surface area contributed by atoms with Gasteiger partial charge in [0, 0.05) is 6.42 Å². The fraction of sp³-hybridized carbons (Fsp3) is 0.685. The van der Waals surface area contributed by atoms with Crippen molar-refractivity contribution in [3.8, 4) is 0 Å². The summed E-state index contributed by atoms with van der Waals surface area (Å²) < 4.78 is 34.3. The molecule has 3 aliphatic heterocycles. The van der Waals surface area contributed by atoms with Gasteiger partial charge in [0.05, 0.1) is 38.6 Å². The van der Waals surface area contributed by atoms with E-state index in [1.165, 1.54) is 51.4 Å². The van der Waals surface area contributed by atoms with E-state index in [-0.39, 0.29) is 12.3 Å². The maximum Gasteiger partial charge on any atom is 0.220 e. The molecule has 0 aromatic heterocycles. The summed E-state index contributed by atoms with van der Waals surface area (Å²) in [6.45, 7) is 1.54. The molecule has 0 saturated carbocycles. The summed E-state index contributed by atoms with van der Waals surface area (Å²) in [6.07, 6.45) is 47.0. The number of carbonyl (C=O) groups excluding carboxylic acids is 1. The Hall–Kier alpha value is -4.07. The zero-order chi connectivity index (χ0) is 66.8. The van der Waals surface area contributed by atoms with Crippen LogP contribution in [0.15, 0.2) is 134 Å². The Morgan fingerprint density at radius 2 is 0.761 bits per heavy atom. The smallest absolute Gasteiger partial charge is 0.220 e. The summed E-state index contributed by atoms with van der Waals surface area (Å²) in [5.74, 6) is -0.321. The summed E-state index contributed by atoms with van der Waals surface area (Å²) in [5, 5.41) is 120. The zero-order valence-electron chi connectivity index (χ0n) is 55.2. The second-order valence-electron chi connectivity index (χ2n) is 23.9. The molecule has 3 fully saturated rings.